The van der Waals surface area contributed by atoms with Gasteiger partial charge in [0, 0.05) is 12.7 Å². The van der Waals surface area contributed by atoms with Gasteiger partial charge in [0.15, 0.2) is 0 Å². The number of carboxylic acids is 1. The fourth-order valence-corrected chi connectivity index (χ4v) is 12.9. The quantitative estimate of drug-likeness (QED) is 0.228. The van der Waals surface area contributed by atoms with Crippen molar-refractivity contribution >= 4 is 17.8 Å². The molecule has 5 saturated carbocycles. The number of halogens is 1. The number of nitrogens with zero attached hydrogens (tertiary/aromatic N) is 1. The van der Waals surface area contributed by atoms with Gasteiger partial charge in [-0.15, -0.1) is 0 Å². The van der Waals surface area contributed by atoms with Crippen LogP contribution in [0, 0.1) is 57.1 Å². The van der Waals surface area contributed by atoms with E-state index in [0.29, 0.717) is 48.2 Å². The third-order valence-electron chi connectivity index (χ3n) is 15.4. The smallest absolute Gasteiger partial charge is 0.337 e. The van der Waals surface area contributed by atoms with E-state index in [1.165, 1.54) is 50.1 Å². The molecular formula is C42H56FN3O5. The molecule has 1 aromatic carbocycles. The molecule has 0 bridgehead atoms. The molecule has 7 rings (SSSR count). The molecule has 0 aliphatic heterocycles. The number of carbonyl (C=O) groups excluding carboxylic acids is 2. The summed E-state index contributed by atoms with van der Waals surface area (Å²) in [7, 11) is 0. The summed E-state index contributed by atoms with van der Waals surface area (Å²) in [5, 5.41) is 26.0. The maximum atomic E-state index is 14.7. The predicted molar refractivity (Wildman–Crippen MR) is 192 cm³/mol. The molecule has 5 fully saturated rings. The number of aromatic carboxylic acids is 1. The number of aromatic nitrogens is 1. The largest absolute Gasteiger partial charge is 0.478 e. The van der Waals surface area contributed by atoms with Crippen LogP contribution in [0.25, 0.3) is 0 Å². The minimum atomic E-state index is -1.08. The molecule has 2 aromatic rings. The van der Waals surface area contributed by atoms with Gasteiger partial charge in [-0.05, 0) is 146 Å². The lowest BCUT2D eigenvalue weighted by atomic mass is 9.36. The van der Waals surface area contributed by atoms with Gasteiger partial charge < -0.3 is 20.8 Å². The first kappa shape index (κ1) is 36.0. The predicted octanol–water partition coefficient (Wildman–Crippen LogP) is 7.33. The van der Waals surface area contributed by atoms with Crippen molar-refractivity contribution < 1.29 is 29.0 Å². The Labute approximate surface area is 301 Å². The summed E-state index contributed by atoms with van der Waals surface area (Å²) in [6.07, 6.45) is 13.6. The maximum absolute atomic E-state index is 14.7. The zero-order valence-electron chi connectivity index (χ0n) is 30.8. The van der Waals surface area contributed by atoms with Gasteiger partial charge in [0.05, 0.1) is 34.9 Å². The Kier molecular flexibility index (Phi) is 9.37. The number of carboxylic acid groups (broad SMARTS) is 1. The molecule has 9 heteroatoms. The second kappa shape index (κ2) is 13.3. The Morgan fingerprint density at radius 3 is 2.39 bits per heavy atom. The summed E-state index contributed by atoms with van der Waals surface area (Å²) in [5.41, 5.74) is 1.39. The number of pyridine rings is 1. The second-order valence-electron chi connectivity index (χ2n) is 17.9. The van der Waals surface area contributed by atoms with Gasteiger partial charge in [0.25, 0.3) is 5.91 Å². The number of rotatable bonds is 8. The molecule has 2 amide bonds. The van der Waals surface area contributed by atoms with E-state index in [9.17, 15) is 23.9 Å². The standard InChI is InChI=1S/C42H56FN3O5/c1-39(2)33-14-18-40(3)30-13-20-42(17-5-6-31(42)28(30)10-12-34(40)41(33,4)19-15-35(39)47)38(51)44-21-16-25-7-11-32(43)29(22-25)36(48)46-24-27-9-8-26(23-45-27)37(49)50/h7-9,11,22-23,28,30-31,33-35,47H,5-6,10,12-21,24H2,1-4H3,(H,44,51)(H,46,48)(H,49,50). The van der Waals surface area contributed by atoms with Crippen molar-refractivity contribution in [3.8, 4) is 0 Å². The summed E-state index contributed by atoms with van der Waals surface area (Å²) in [6.45, 7) is 10.2. The topological polar surface area (TPSA) is 129 Å². The van der Waals surface area contributed by atoms with Crippen LogP contribution >= 0.6 is 0 Å². The van der Waals surface area contributed by atoms with Crippen molar-refractivity contribution in [3.63, 3.8) is 0 Å². The molecule has 8 nitrogen and oxygen atoms in total. The lowest BCUT2D eigenvalue weighted by Gasteiger charge is -2.69. The van der Waals surface area contributed by atoms with Crippen LogP contribution in [0.4, 0.5) is 4.39 Å². The van der Waals surface area contributed by atoms with Crippen molar-refractivity contribution in [1.29, 1.82) is 0 Å². The molecule has 1 aromatic heterocycles. The zero-order valence-corrected chi connectivity index (χ0v) is 30.8. The molecule has 5 aliphatic rings. The molecule has 5 aliphatic carbocycles. The van der Waals surface area contributed by atoms with Crippen molar-refractivity contribution in [2.75, 3.05) is 6.54 Å². The Bertz CT molecular complexity index is 1680. The molecule has 9 unspecified atom stereocenters. The van der Waals surface area contributed by atoms with E-state index in [1.54, 1.807) is 12.1 Å². The van der Waals surface area contributed by atoms with Gasteiger partial charge >= 0.3 is 5.97 Å². The van der Waals surface area contributed by atoms with E-state index in [4.69, 9.17) is 5.11 Å². The van der Waals surface area contributed by atoms with Gasteiger partial charge in [-0.2, -0.15) is 0 Å². The molecule has 0 saturated heterocycles. The molecule has 51 heavy (non-hydrogen) atoms. The van der Waals surface area contributed by atoms with E-state index in [-0.39, 0.29) is 51.3 Å². The SMILES string of the molecule is CC1(C)C(O)CCC2(C)C1CCC1(C)C3CCC4(C(=O)NCCc5ccc(F)c(C(=O)NCc6ccc(C(=O)O)cn6)c5)CCCC4C3CCC12. The molecule has 0 radical (unpaired) electrons. The van der Waals surface area contributed by atoms with E-state index < -0.39 is 17.7 Å². The van der Waals surface area contributed by atoms with Crippen LogP contribution in [-0.4, -0.2) is 45.6 Å². The second-order valence-corrected chi connectivity index (χ2v) is 17.9. The zero-order chi connectivity index (χ0) is 36.3. The highest BCUT2D eigenvalue weighted by molar-refractivity contribution is 5.94. The Balaban J connectivity index is 0.979. The average molecular weight is 702 g/mol. The van der Waals surface area contributed by atoms with Crippen LogP contribution in [0.3, 0.4) is 0 Å². The number of aliphatic hydroxyl groups excluding tert-OH is 1. The molecular weight excluding hydrogens is 645 g/mol. The van der Waals surface area contributed by atoms with Crippen molar-refractivity contribution in [2.24, 2.45) is 51.2 Å². The lowest BCUT2D eigenvalue weighted by Crippen LogP contribution is -2.63. The van der Waals surface area contributed by atoms with E-state index in [1.807, 2.05) is 0 Å². The number of nitrogens with one attached hydrogen (secondary N) is 2. The monoisotopic (exact) mass is 701 g/mol. The van der Waals surface area contributed by atoms with Crippen molar-refractivity contribution in [2.45, 2.75) is 117 Å². The number of benzene rings is 1. The van der Waals surface area contributed by atoms with E-state index in [0.717, 1.165) is 50.5 Å². The number of fused-ring (bicyclic) bond motifs is 7. The van der Waals surface area contributed by atoms with E-state index >= 15 is 0 Å². The summed E-state index contributed by atoms with van der Waals surface area (Å²) >= 11 is 0. The summed E-state index contributed by atoms with van der Waals surface area (Å²) in [6, 6.07) is 7.42. The highest BCUT2D eigenvalue weighted by Gasteiger charge is 2.67. The summed E-state index contributed by atoms with van der Waals surface area (Å²) < 4.78 is 14.7. The molecule has 0 spiro atoms. The molecule has 1 heterocycles. The number of hydrogen-bond donors (Lipinski definition) is 4. The van der Waals surface area contributed by atoms with Crippen LogP contribution in [0.5, 0.6) is 0 Å². The maximum Gasteiger partial charge on any atom is 0.337 e. The number of aliphatic hydroxyl groups is 1. The van der Waals surface area contributed by atoms with Crippen molar-refractivity contribution in [3.05, 3.63) is 64.7 Å². The van der Waals surface area contributed by atoms with Gasteiger partial charge in [-0.1, -0.05) is 40.2 Å². The fraction of sp³-hybridized carbons (Fsp3) is 0.667. The molecule has 4 N–H and O–H groups in total. The molecule has 276 valence electrons. The minimum Gasteiger partial charge on any atom is -0.478 e. The van der Waals surface area contributed by atoms with Gasteiger partial charge in [-0.3, -0.25) is 14.6 Å². The summed E-state index contributed by atoms with van der Waals surface area (Å²) in [4.78, 5) is 42.2. The van der Waals surface area contributed by atoms with Crippen LogP contribution in [0.1, 0.15) is 130 Å². The number of hydrogen-bond acceptors (Lipinski definition) is 5. The first-order valence-corrected chi connectivity index (χ1v) is 19.4. The first-order valence-electron chi connectivity index (χ1n) is 19.4. The average Bonchev–Trinajstić information content (AvgIpc) is 3.56. The Morgan fingerprint density at radius 2 is 1.65 bits per heavy atom. The minimum absolute atomic E-state index is 0.0332. The van der Waals surface area contributed by atoms with Crippen LogP contribution in [0.2, 0.25) is 0 Å². The summed E-state index contributed by atoms with van der Waals surface area (Å²) in [5.74, 6) is 0.753. The Morgan fingerprint density at radius 1 is 0.863 bits per heavy atom. The van der Waals surface area contributed by atoms with Gasteiger partial charge in [0.2, 0.25) is 5.91 Å². The highest BCUT2D eigenvalue weighted by atomic mass is 19.1. The van der Waals surface area contributed by atoms with Crippen LogP contribution < -0.4 is 10.6 Å². The van der Waals surface area contributed by atoms with Crippen LogP contribution in [0.15, 0.2) is 36.5 Å². The van der Waals surface area contributed by atoms with Gasteiger partial charge in [0.1, 0.15) is 5.82 Å². The third kappa shape index (κ3) is 5.99. The normalized spacial score (nSPS) is 36.5. The number of amides is 2. The molecule has 9 atom stereocenters. The van der Waals surface area contributed by atoms with E-state index in [2.05, 4.69) is 43.3 Å². The first-order chi connectivity index (χ1) is 24.2. The third-order valence-corrected chi connectivity index (χ3v) is 15.4. The highest BCUT2D eigenvalue weighted by Crippen LogP contribution is 2.73. The number of carbonyl (C=O) groups is 3. The lowest BCUT2D eigenvalue weighted by molar-refractivity contribution is -0.214. The fourth-order valence-electron chi connectivity index (χ4n) is 12.9. The van der Waals surface area contributed by atoms with Gasteiger partial charge in [-0.25, -0.2) is 9.18 Å². The Hall–Kier alpha value is -3.33. The van der Waals surface area contributed by atoms with Crippen molar-refractivity contribution in [1.82, 2.24) is 15.6 Å². The van der Waals surface area contributed by atoms with Crippen LogP contribution in [-0.2, 0) is 17.8 Å².